The number of carbonyl (C=O) groups is 2. The van der Waals surface area contributed by atoms with Gasteiger partial charge >= 0.3 is 0 Å². The van der Waals surface area contributed by atoms with Crippen molar-refractivity contribution in [2.24, 2.45) is 0 Å². The summed E-state index contributed by atoms with van der Waals surface area (Å²) in [5.74, 6) is -0.479. The summed E-state index contributed by atoms with van der Waals surface area (Å²) in [5.41, 5.74) is 1.16. The molecule has 2 rings (SSSR count). The van der Waals surface area contributed by atoms with Crippen LogP contribution in [0.15, 0.2) is 48.5 Å². The minimum Gasteiger partial charge on any atom is -0.495 e. The predicted octanol–water partition coefficient (Wildman–Crippen LogP) is 3.88. The molecule has 0 radical (unpaired) electrons. The predicted molar refractivity (Wildman–Crippen MR) is 144 cm³/mol. The number of rotatable bonds is 14. The minimum absolute atomic E-state index is 0.157. The van der Waals surface area contributed by atoms with Gasteiger partial charge in [0.2, 0.25) is 21.8 Å². The molecule has 2 aromatic rings. The maximum Gasteiger partial charge on any atom is 0.244 e. The molecule has 1 atom stereocenters. The van der Waals surface area contributed by atoms with Gasteiger partial charge in [0.1, 0.15) is 18.3 Å². The molecule has 10 heteroatoms. The van der Waals surface area contributed by atoms with Gasteiger partial charge < -0.3 is 15.0 Å². The number of nitrogens with zero attached hydrogens (tertiary/aromatic N) is 2. The third-order valence-corrected chi connectivity index (χ3v) is 7.15. The fourth-order valence-corrected chi connectivity index (χ4v) is 4.87. The van der Waals surface area contributed by atoms with Crippen molar-refractivity contribution in [2.45, 2.75) is 45.6 Å². The van der Waals surface area contributed by atoms with E-state index in [0.29, 0.717) is 24.4 Å². The molecular weight excluding hydrogens is 502 g/mol. The first-order valence-corrected chi connectivity index (χ1v) is 14.3. The molecule has 0 bridgehead atoms. The number of carbonyl (C=O) groups excluding carboxylic acids is 2. The second-order valence-electron chi connectivity index (χ2n) is 8.48. The number of unbranched alkanes of at least 4 members (excludes halogenated alkanes) is 1. The van der Waals surface area contributed by atoms with Crippen LogP contribution < -0.4 is 14.4 Å². The van der Waals surface area contributed by atoms with E-state index in [9.17, 15) is 18.0 Å². The van der Waals surface area contributed by atoms with E-state index in [1.54, 1.807) is 12.1 Å². The SMILES string of the molecule is CCCCNC(=O)C(CC)N(CCc1ccccc1)C(=O)CN(c1cc(Cl)ccc1OC)S(C)(=O)=O. The van der Waals surface area contributed by atoms with Crippen molar-refractivity contribution >= 4 is 39.1 Å². The zero-order chi connectivity index (χ0) is 26.7. The molecule has 36 heavy (non-hydrogen) atoms. The van der Waals surface area contributed by atoms with Gasteiger partial charge in [-0.1, -0.05) is 62.2 Å². The van der Waals surface area contributed by atoms with Crippen LogP contribution in [0.2, 0.25) is 5.02 Å². The second kappa shape index (κ2) is 14.1. The van der Waals surface area contributed by atoms with Gasteiger partial charge in [-0.2, -0.15) is 0 Å². The summed E-state index contributed by atoms with van der Waals surface area (Å²) in [6, 6.07) is 13.5. The lowest BCUT2D eigenvalue weighted by atomic mass is 10.1. The van der Waals surface area contributed by atoms with Crippen LogP contribution >= 0.6 is 11.6 Å². The van der Waals surface area contributed by atoms with Gasteiger partial charge in [-0.25, -0.2) is 8.42 Å². The first-order valence-electron chi connectivity index (χ1n) is 12.0. The third kappa shape index (κ3) is 8.41. The molecule has 0 fully saturated rings. The molecule has 198 valence electrons. The molecule has 0 saturated heterocycles. The summed E-state index contributed by atoms with van der Waals surface area (Å²) in [4.78, 5) is 28.2. The highest BCUT2D eigenvalue weighted by Crippen LogP contribution is 2.33. The maximum atomic E-state index is 13.7. The van der Waals surface area contributed by atoms with E-state index in [2.05, 4.69) is 5.32 Å². The van der Waals surface area contributed by atoms with Crippen LogP contribution in [0, 0.1) is 0 Å². The average molecular weight is 538 g/mol. The van der Waals surface area contributed by atoms with Gasteiger partial charge in [-0.15, -0.1) is 0 Å². The normalized spacial score (nSPS) is 12.0. The van der Waals surface area contributed by atoms with Crippen molar-refractivity contribution in [2.75, 3.05) is 37.3 Å². The maximum absolute atomic E-state index is 13.7. The number of halogens is 1. The number of nitrogens with one attached hydrogen (secondary N) is 1. The number of hydrogen-bond acceptors (Lipinski definition) is 5. The molecule has 1 N–H and O–H groups in total. The van der Waals surface area contributed by atoms with Crippen molar-refractivity contribution in [1.29, 1.82) is 0 Å². The Morgan fingerprint density at radius 2 is 1.81 bits per heavy atom. The van der Waals surface area contributed by atoms with Crippen LogP contribution in [0.1, 0.15) is 38.7 Å². The van der Waals surface area contributed by atoms with E-state index >= 15 is 0 Å². The van der Waals surface area contributed by atoms with E-state index in [1.807, 2.05) is 44.2 Å². The van der Waals surface area contributed by atoms with Crippen molar-refractivity contribution in [3.05, 3.63) is 59.1 Å². The van der Waals surface area contributed by atoms with Gasteiger partial charge in [-0.05, 0) is 43.0 Å². The minimum atomic E-state index is -3.89. The van der Waals surface area contributed by atoms with Crippen LogP contribution in [0.5, 0.6) is 5.75 Å². The molecule has 8 nitrogen and oxygen atoms in total. The Hall–Kier alpha value is -2.78. The van der Waals surface area contributed by atoms with Crippen LogP contribution in [-0.2, 0) is 26.0 Å². The van der Waals surface area contributed by atoms with E-state index in [1.165, 1.54) is 18.1 Å². The van der Waals surface area contributed by atoms with E-state index in [0.717, 1.165) is 29.0 Å². The highest BCUT2D eigenvalue weighted by Gasteiger charge is 2.32. The first kappa shape index (κ1) is 29.5. The van der Waals surface area contributed by atoms with E-state index in [-0.39, 0.29) is 23.9 Å². The molecule has 0 saturated carbocycles. The standard InChI is InChI=1S/C26H36ClN3O5S/c1-5-7-16-28-26(32)22(6-2)29(17-15-20-11-9-8-10-12-20)25(31)19-30(36(4,33)34)23-18-21(27)13-14-24(23)35-3/h8-14,18,22H,5-7,15-17,19H2,1-4H3,(H,28,32). The van der Waals surface area contributed by atoms with Gasteiger partial charge in [0.05, 0.1) is 19.1 Å². The number of benzene rings is 2. The fraction of sp³-hybridized carbons (Fsp3) is 0.462. The lowest BCUT2D eigenvalue weighted by Gasteiger charge is -2.33. The van der Waals surface area contributed by atoms with Crippen LogP contribution in [-0.4, -0.2) is 64.2 Å². The lowest BCUT2D eigenvalue weighted by molar-refractivity contribution is -0.139. The van der Waals surface area contributed by atoms with Crippen molar-refractivity contribution in [3.63, 3.8) is 0 Å². The summed E-state index contributed by atoms with van der Waals surface area (Å²) in [6.07, 6.45) is 3.68. The molecule has 2 amide bonds. The van der Waals surface area contributed by atoms with E-state index in [4.69, 9.17) is 16.3 Å². The summed E-state index contributed by atoms with van der Waals surface area (Å²) < 4.78 is 31.8. The van der Waals surface area contributed by atoms with Gasteiger partial charge in [-0.3, -0.25) is 13.9 Å². The molecule has 0 heterocycles. The largest absolute Gasteiger partial charge is 0.495 e. The number of sulfonamides is 1. The summed E-state index contributed by atoms with van der Waals surface area (Å²) in [5, 5.41) is 3.21. The number of methoxy groups -OCH3 is 1. The fourth-order valence-electron chi connectivity index (χ4n) is 3.85. The number of hydrogen-bond donors (Lipinski definition) is 1. The zero-order valence-corrected chi connectivity index (χ0v) is 22.9. The van der Waals surface area contributed by atoms with Crippen molar-refractivity contribution in [3.8, 4) is 5.75 Å². The summed E-state index contributed by atoms with van der Waals surface area (Å²) >= 11 is 6.13. The molecule has 2 aromatic carbocycles. The smallest absolute Gasteiger partial charge is 0.244 e. The van der Waals surface area contributed by atoms with Gasteiger partial charge in [0.15, 0.2) is 0 Å². The number of ether oxygens (including phenoxy) is 1. The quantitative estimate of drug-likeness (QED) is 0.369. The molecule has 0 aliphatic rings. The Kier molecular flexibility index (Phi) is 11.5. The highest BCUT2D eigenvalue weighted by atomic mass is 35.5. The van der Waals surface area contributed by atoms with Crippen LogP contribution in [0.4, 0.5) is 5.69 Å². The topological polar surface area (TPSA) is 96.0 Å². The zero-order valence-electron chi connectivity index (χ0n) is 21.4. The highest BCUT2D eigenvalue weighted by molar-refractivity contribution is 7.92. The average Bonchev–Trinajstić information content (AvgIpc) is 2.84. The molecule has 0 spiro atoms. The van der Waals surface area contributed by atoms with Crippen LogP contribution in [0.25, 0.3) is 0 Å². The molecule has 0 aliphatic heterocycles. The van der Waals surface area contributed by atoms with Crippen molar-refractivity contribution in [1.82, 2.24) is 10.2 Å². The Balaban J connectivity index is 2.40. The Morgan fingerprint density at radius 1 is 1.11 bits per heavy atom. The second-order valence-corrected chi connectivity index (χ2v) is 10.8. The molecular formula is C26H36ClN3O5S. The first-order chi connectivity index (χ1) is 17.1. The third-order valence-electron chi connectivity index (χ3n) is 5.79. The van der Waals surface area contributed by atoms with Crippen molar-refractivity contribution < 1.29 is 22.7 Å². The Bertz CT molecular complexity index is 1110. The summed E-state index contributed by atoms with van der Waals surface area (Å²) in [7, 11) is -2.47. The molecule has 0 aliphatic carbocycles. The summed E-state index contributed by atoms with van der Waals surface area (Å²) in [6.45, 7) is 4.14. The number of amides is 2. The Morgan fingerprint density at radius 3 is 2.39 bits per heavy atom. The van der Waals surface area contributed by atoms with Gasteiger partial charge in [0.25, 0.3) is 0 Å². The monoisotopic (exact) mass is 537 g/mol. The molecule has 0 aromatic heterocycles. The molecule has 1 unspecified atom stereocenters. The number of anilines is 1. The lowest BCUT2D eigenvalue weighted by Crippen LogP contribution is -2.53. The Labute approximate surface area is 219 Å². The van der Waals surface area contributed by atoms with Crippen LogP contribution in [0.3, 0.4) is 0 Å². The van der Waals surface area contributed by atoms with E-state index < -0.39 is 28.5 Å². The van der Waals surface area contributed by atoms with Gasteiger partial charge in [0, 0.05) is 18.1 Å².